The lowest BCUT2D eigenvalue weighted by Gasteiger charge is -2.39. The lowest BCUT2D eigenvalue weighted by Crippen LogP contribution is -2.47. The first-order valence-corrected chi connectivity index (χ1v) is 11.1. The normalized spacial score (nSPS) is 17.4. The molecule has 6 nitrogen and oxygen atoms in total. The van der Waals surface area contributed by atoms with E-state index in [1.165, 1.54) is 15.9 Å². The van der Waals surface area contributed by atoms with Crippen LogP contribution in [0.1, 0.15) is 36.2 Å². The van der Waals surface area contributed by atoms with Crippen LogP contribution < -0.4 is 0 Å². The van der Waals surface area contributed by atoms with E-state index in [1.54, 1.807) is 6.07 Å². The van der Waals surface area contributed by atoms with Crippen LogP contribution >= 0.6 is 34.5 Å². The molecule has 0 radical (unpaired) electrons. The molecule has 0 bridgehead atoms. The van der Waals surface area contributed by atoms with E-state index in [0.717, 1.165) is 55.4 Å². The van der Waals surface area contributed by atoms with E-state index in [2.05, 4.69) is 26.8 Å². The van der Waals surface area contributed by atoms with Crippen molar-refractivity contribution >= 4 is 39.5 Å². The Hall–Kier alpha value is -1.38. The van der Waals surface area contributed by atoms with E-state index in [-0.39, 0.29) is 11.9 Å². The maximum absolute atomic E-state index is 11.0. The number of fused-ring (bicyclic) bond motifs is 1. The van der Waals surface area contributed by atoms with Crippen LogP contribution in [0.15, 0.2) is 18.2 Å². The van der Waals surface area contributed by atoms with Crippen molar-refractivity contribution in [1.29, 1.82) is 0 Å². The molecule has 1 aliphatic rings. The summed E-state index contributed by atoms with van der Waals surface area (Å²) in [7, 11) is 0. The zero-order chi connectivity index (χ0) is 19.8. The lowest BCUT2D eigenvalue weighted by molar-refractivity contribution is 0.113. The molecule has 28 heavy (non-hydrogen) atoms. The molecule has 1 atom stereocenters. The molecule has 150 valence electrons. The van der Waals surface area contributed by atoms with Gasteiger partial charge in [0.2, 0.25) is 10.8 Å². The van der Waals surface area contributed by atoms with E-state index in [4.69, 9.17) is 23.2 Å². The van der Waals surface area contributed by atoms with Crippen LogP contribution in [0.5, 0.6) is 5.88 Å². The molecular formula is C19H23Cl2N5OS. The average Bonchev–Trinajstić information content (AvgIpc) is 3.23. The molecular weight excluding hydrogens is 417 g/mol. The highest BCUT2D eigenvalue weighted by Crippen LogP contribution is 2.42. The van der Waals surface area contributed by atoms with Gasteiger partial charge in [0.05, 0.1) is 10.9 Å². The quantitative estimate of drug-likeness (QED) is 0.648. The first-order valence-electron chi connectivity index (χ1n) is 9.50. The van der Waals surface area contributed by atoms with Crippen molar-refractivity contribution in [2.45, 2.75) is 26.3 Å². The summed E-state index contributed by atoms with van der Waals surface area (Å²) in [4.78, 5) is 10.8. The summed E-state index contributed by atoms with van der Waals surface area (Å²) in [6, 6.07) is 5.40. The summed E-state index contributed by atoms with van der Waals surface area (Å²) in [5.41, 5.74) is 0.937. The molecule has 1 saturated heterocycles. The van der Waals surface area contributed by atoms with E-state index in [0.29, 0.717) is 15.0 Å². The van der Waals surface area contributed by atoms with E-state index >= 15 is 0 Å². The van der Waals surface area contributed by atoms with Crippen molar-refractivity contribution in [3.8, 4) is 5.88 Å². The van der Waals surface area contributed by atoms with Gasteiger partial charge in [-0.05, 0) is 24.2 Å². The van der Waals surface area contributed by atoms with Crippen molar-refractivity contribution in [1.82, 2.24) is 24.4 Å². The van der Waals surface area contributed by atoms with Crippen LogP contribution in [0.25, 0.3) is 4.96 Å². The number of aryl methyl sites for hydroxylation is 1. The molecule has 4 rings (SSSR count). The molecule has 3 heterocycles. The second-order valence-corrected chi connectivity index (χ2v) is 8.76. The highest BCUT2D eigenvalue weighted by Gasteiger charge is 2.32. The molecule has 0 saturated carbocycles. The number of hydrogen-bond acceptors (Lipinski definition) is 6. The Kier molecular flexibility index (Phi) is 5.81. The number of hydrogen-bond donors (Lipinski definition) is 1. The van der Waals surface area contributed by atoms with Crippen LogP contribution in [-0.4, -0.2) is 62.2 Å². The van der Waals surface area contributed by atoms with Gasteiger partial charge in [-0.1, -0.05) is 54.5 Å². The fraction of sp³-hybridized carbons (Fsp3) is 0.474. The summed E-state index contributed by atoms with van der Waals surface area (Å²) in [5.74, 6) is 0.867. The van der Waals surface area contributed by atoms with Gasteiger partial charge in [0.25, 0.3) is 0 Å². The van der Waals surface area contributed by atoms with Crippen molar-refractivity contribution in [3.05, 3.63) is 44.5 Å². The van der Waals surface area contributed by atoms with Gasteiger partial charge in [-0.2, -0.15) is 4.52 Å². The summed E-state index contributed by atoms with van der Waals surface area (Å²) in [6.07, 6.45) is 0.731. The Bertz CT molecular complexity index is 980. The number of piperazine rings is 1. The van der Waals surface area contributed by atoms with Gasteiger partial charge in [0, 0.05) is 42.6 Å². The van der Waals surface area contributed by atoms with Gasteiger partial charge >= 0.3 is 0 Å². The molecule has 0 amide bonds. The number of benzene rings is 1. The Balaban J connectivity index is 1.79. The average molecular weight is 440 g/mol. The largest absolute Gasteiger partial charge is 0.492 e. The van der Waals surface area contributed by atoms with E-state index in [9.17, 15) is 5.11 Å². The smallest absolute Gasteiger partial charge is 0.230 e. The predicted octanol–water partition coefficient (Wildman–Crippen LogP) is 4.09. The number of aromatic nitrogens is 3. The first kappa shape index (κ1) is 19.9. The molecule has 3 aromatic rings. The van der Waals surface area contributed by atoms with Crippen molar-refractivity contribution in [2.24, 2.45) is 0 Å². The third kappa shape index (κ3) is 3.62. The van der Waals surface area contributed by atoms with Crippen LogP contribution in [0.2, 0.25) is 10.0 Å². The molecule has 1 aromatic carbocycles. The summed E-state index contributed by atoms with van der Waals surface area (Å²) in [5, 5.41) is 16.6. The second-order valence-electron chi connectivity index (χ2n) is 6.90. The van der Waals surface area contributed by atoms with Crippen molar-refractivity contribution < 1.29 is 5.11 Å². The fourth-order valence-corrected chi connectivity index (χ4v) is 5.32. The first-order chi connectivity index (χ1) is 13.5. The van der Waals surface area contributed by atoms with Gasteiger partial charge < -0.3 is 10.0 Å². The molecule has 1 aliphatic heterocycles. The molecule has 0 aliphatic carbocycles. The van der Waals surface area contributed by atoms with Gasteiger partial charge in [-0.15, -0.1) is 5.10 Å². The number of aromatic hydroxyl groups is 1. The van der Waals surface area contributed by atoms with Crippen molar-refractivity contribution in [2.75, 3.05) is 32.7 Å². The highest BCUT2D eigenvalue weighted by atomic mass is 35.5. The van der Waals surface area contributed by atoms with Gasteiger partial charge in [0.1, 0.15) is 0 Å². The van der Waals surface area contributed by atoms with Crippen LogP contribution in [0.4, 0.5) is 0 Å². The maximum atomic E-state index is 11.0. The standard InChI is InChI=1S/C19H23Cl2N5OS/c1-3-15-22-19-26(23-15)18(27)17(28-19)16(13-6-5-12(20)11-14(13)21)25-9-7-24(4-2)8-10-25/h5-6,11,16,27H,3-4,7-10H2,1-2H3/t16-/m1/s1. The third-order valence-electron chi connectivity index (χ3n) is 5.28. The Morgan fingerprint density at radius 2 is 1.93 bits per heavy atom. The highest BCUT2D eigenvalue weighted by molar-refractivity contribution is 7.17. The Morgan fingerprint density at radius 1 is 1.18 bits per heavy atom. The van der Waals surface area contributed by atoms with Gasteiger partial charge in [0.15, 0.2) is 5.82 Å². The minimum Gasteiger partial charge on any atom is -0.492 e. The molecule has 0 unspecified atom stereocenters. The molecule has 0 spiro atoms. The van der Waals surface area contributed by atoms with E-state index < -0.39 is 0 Å². The minimum atomic E-state index is -0.164. The Labute approximate surface area is 178 Å². The minimum absolute atomic E-state index is 0.140. The topological polar surface area (TPSA) is 56.9 Å². The van der Waals surface area contributed by atoms with Gasteiger partial charge in [-0.3, -0.25) is 4.90 Å². The monoisotopic (exact) mass is 439 g/mol. The number of likely N-dealkylation sites (N-methyl/N-ethyl adjacent to an activating group) is 1. The van der Waals surface area contributed by atoms with Gasteiger partial charge in [-0.25, -0.2) is 4.98 Å². The summed E-state index contributed by atoms with van der Waals surface area (Å²) < 4.78 is 1.54. The lowest BCUT2D eigenvalue weighted by atomic mass is 10.0. The SMILES string of the molecule is CCc1nc2sc([C@@H](c3ccc(Cl)cc3Cl)N3CCN(CC)CC3)c(O)n2n1. The van der Waals surface area contributed by atoms with Crippen LogP contribution in [0, 0.1) is 0 Å². The molecule has 1 fully saturated rings. The van der Waals surface area contributed by atoms with Crippen LogP contribution in [-0.2, 0) is 6.42 Å². The molecule has 2 aromatic heterocycles. The zero-order valence-electron chi connectivity index (χ0n) is 15.9. The maximum Gasteiger partial charge on any atom is 0.230 e. The number of halogens is 2. The summed E-state index contributed by atoms with van der Waals surface area (Å²) in [6.45, 7) is 8.98. The molecule has 9 heteroatoms. The van der Waals surface area contributed by atoms with E-state index in [1.807, 2.05) is 19.1 Å². The fourth-order valence-electron chi connectivity index (χ4n) is 3.68. The zero-order valence-corrected chi connectivity index (χ0v) is 18.2. The Morgan fingerprint density at radius 3 is 2.54 bits per heavy atom. The predicted molar refractivity (Wildman–Crippen MR) is 114 cm³/mol. The number of nitrogens with zero attached hydrogens (tertiary/aromatic N) is 5. The summed E-state index contributed by atoms with van der Waals surface area (Å²) >= 11 is 14.2. The number of rotatable bonds is 5. The molecule has 1 N–H and O–H groups in total. The van der Waals surface area contributed by atoms with Crippen molar-refractivity contribution in [3.63, 3.8) is 0 Å². The third-order valence-corrected chi connectivity index (χ3v) is 6.92. The van der Waals surface area contributed by atoms with Crippen LogP contribution in [0.3, 0.4) is 0 Å². The number of thiazole rings is 1. The second kappa shape index (κ2) is 8.16.